The summed E-state index contributed by atoms with van der Waals surface area (Å²) in [5.41, 5.74) is -1.53. The van der Waals surface area contributed by atoms with Gasteiger partial charge in [0.1, 0.15) is 12.4 Å². The van der Waals surface area contributed by atoms with Crippen LogP contribution >= 0.6 is 0 Å². The lowest BCUT2D eigenvalue weighted by molar-refractivity contribution is -0.129. The second kappa shape index (κ2) is 3.80. The summed E-state index contributed by atoms with van der Waals surface area (Å²) in [4.78, 5) is 9.99. The lowest BCUT2D eigenvalue weighted by Gasteiger charge is -2.28. The Hall–Kier alpha value is -0.450. The van der Waals surface area contributed by atoms with Crippen molar-refractivity contribution in [2.75, 3.05) is 0 Å². The molecule has 0 saturated carbocycles. The Bertz CT molecular complexity index is 130. The fraction of sp³-hybridized carbons (Fsp3) is 0.857. The van der Waals surface area contributed by atoms with Crippen LogP contribution in [0.2, 0.25) is 0 Å². The molecule has 3 atom stereocenters. The Morgan fingerprint density at radius 2 is 2.00 bits per heavy atom. The van der Waals surface area contributed by atoms with Crippen molar-refractivity contribution in [1.29, 1.82) is 0 Å². The number of aliphatic hydroxyl groups is 3. The minimum atomic E-state index is -1.53. The van der Waals surface area contributed by atoms with Crippen molar-refractivity contribution in [1.82, 2.24) is 0 Å². The lowest BCUT2D eigenvalue weighted by atomic mass is 9.93. The standard InChI is InChI=1S/C7H14O4/c1-5(9)6(10)7(2,11)3-4-8/h4-6,9-11H,3H2,1-2H3/t5-,6-,7-/m0/s1. The third kappa shape index (κ3) is 2.96. The minimum absolute atomic E-state index is 0.181. The van der Waals surface area contributed by atoms with E-state index in [4.69, 9.17) is 10.2 Å². The van der Waals surface area contributed by atoms with Crippen LogP contribution in [-0.2, 0) is 4.79 Å². The fourth-order valence-corrected chi connectivity index (χ4v) is 0.809. The van der Waals surface area contributed by atoms with Crippen LogP contribution < -0.4 is 0 Å². The van der Waals surface area contributed by atoms with Gasteiger partial charge in [-0.2, -0.15) is 0 Å². The van der Waals surface area contributed by atoms with Crippen LogP contribution in [0.1, 0.15) is 20.3 Å². The van der Waals surface area contributed by atoms with Gasteiger partial charge in [-0.25, -0.2) is 0 Å². The molecular weight excluding hydrogens is 148 g/mol. The highest BCUT2D eigenvalue weighted by Crippen LogP contribution is 2.15. The van der Waals surface area contributed by atoms with Gasteiger partial charge in [0.05, 0.1) is 11.7 Å². The molecule has 0 aromatic heterocycles. The number of aliphatic hydroxyl groups excluding tert-OH is 2. The molecule has 0 aliphatic rings. The first-order chi connectivity index (χ1) is 4.91. The molecule has 66 valence electrons. The van der Waals surface area contributed by atoms with Gasteiger partial charge in [0.2, 0.25) is 0 Å². The van der Waals surface area contributed by atoms with Gasteiger partial charge in [0, 0.05) is 6.42 Å². The van der Waals surface area contributed by atoms with Crippen LogP contribution in [-0.4, -0.2) is 39.4 Å². The maximum Gasteiger partial charge on any atom is 0.122 e. The van der Waals surface area contributed by atoms with E-state index in [1.807, 2.05) is 0 Å². The van der Waals surface area contributed by atoms with Crippen LogP contribution in [0.4, 0.5) is 0 Å². The normalized spacial score (nSPS) is 21.9. The topological polar surface area (TPSA) is 77.8 Å². The van der Waals surface area contributed by atoms with Crippen LogP contribution in [0.3, 0.4) is 0 Å². The highest BCUT2D eigenvalue weighted by molar-refractivity contribution is 5.51. The molecule has 0 radical (unpaired) electrons. The second-order valence-corrected chi connectivity index (χ2v) is 2.91. The molecule has 11 heavy (non-hydrogen) atoms. The van der Waals surface area contributed by atoms with Gasteiger partial charge in [-0.15, -0.1) is 0 Å². The highest BCUT2D eigenvalue weighted by Gasteiger charge is 2.32. The SMILES string of the molecule is C[C@H](O)[C@H](O)[C@@](C)(O)CC=O. The quantitative estimate of drug-likeness (QED) is 0.467. The van der Waals surface area contributed by atoms with Gasteiger partial charge in [-0.3, -0.25) is 0 Å². The molecule has 0 aliphatic carbocycles. The number of aldehydes is 1. The monoisotopic (exact) mass is 162 g/mol. The van der Waals surface area contributed by atoms with E-state index < -0.39 is 17.8 Å². The van der Waals surface area contributed by atoms with Crippen molar-refractivity contribution < 1.29 is 20.1 Å². The molecule has 0 rings (SSSR count). The molecule has 0 spiro atoms. The van der Waals surface area contributed by atoms with E-state index in [9.17, 15) is 9.90 Å². The lowest BCUT2D eigenvalue weighted by Crippen LogP contribution is -2.46. The first kappa shape index (κ1) is 10.6. The molecule has 4 nitrogen and oxygen atoms in total. The zero-order valence-corrected chi connectivity index (χ0v) is 6.69. The smallest absolute Gasteiger partial charge is 0.122 e. The number of carbonyl (C=O) groups excluding carboxylic acids is 1. The van der Waals surface area contributed by atoms with Crippen molar-refractivity contribution in [2.45, 2.75) is 38.1 Å². The maximum atomic E-state index is 9.99. The summed E-state index contributed by atoms with van der Waals surface area (Å²) < 4.78 is 0. The molecule has 0 aromatic carbocycles. The zero-order chi connectivity index (χ0) is 9.07. The summed E-state index contributed by atoms with van der Waals surface area (Å²) in [7, 11) is 0. The van der Waals surface area contributed by atoms with E-state index >= 15 is 0 Å². The Labute approximate surface area is 65.5 Å². The Balaban J connectivity index is 4.15. The third-order valence-corrected chi connectivity index (χ3v) is 1.59. The van der Waals surface area contributed by atoms with E-state index in [-0.39, 0.29) is 6.42 Å². The first-order valence-corrected chi connectivity index (χ1v) is 3.44. The predicted molar refractivity (Wildman–Crippen MR) is 39.0 cm³/mol. The van der Waals surface area contributed by atoms with Crippen molar-refractivity contribution in [3.05, 3.63) is 0 Å². The number of rotatable bonds is 4. The van der Waals surface area contributed by atoms with E-state index in [0.29, 0.717) is 6.29 Å². The van der Waals surface area contributed by atoms with Crippen molar-refractivity contribution in [2.24, 2.45) is 0 Å². The van der Waals surface area contributed by atoms with Crippen molar-refractivity contribution in [3.63, 3.8) is 0 Å². The molecule has 0 bridgehead atoms. The van der Waals surface area contributed by atoms with Gasteiger partial charge in [0.15, 0.2) is 0 Å². The van der Waals surface area contributed by atoms with E-state index in [2.05, 4.69) is 0 Å². The molecule has 0 amide bonds. The summed E-state index contributed by atoms with van der Waals surface area (Å²) in [6, 6.07) is 0. The van der Waals surface area contributed by atoms with Gasteiger partial charge in [-0.05, 0) is 13.8 Å². The van der Waals surface area contributed by atoms with Crippen LogP contribution in [0.25, 0.3) is 0 Å². The average Bonchev–Trinajstić information content (AvgIpc) is 1.86. The summed E-state index contributed by atoms with van der Waals surface area (Å²) in [5.74, 6) is 0. The highest BCUT2D eigenvalue weighted by atomic mass is 16.4. The third-order valence-electron chi connectivity index (χ3n) is 1.59. The fourth-order valence-electron chi connectivity index (χ4n) is 0.809. The van der Waals surface area contributed by atoms with Gasteiger partial charge >= 0.3 is 0 Å². The number of carbonyl (C=O) groups is 1. The predicted octanol–water partition coefficient (Wildman–Crippen LogP) is -0.932. The molecule has 0 saturated heterocycles. The largest absolute Gasteiger partial charge is 0.391 e. The summed E-state index contributed by atoms with van der Waals surface area (Å²) in [6.07, 6.45) is -2.00. The Morgan fingerprint density at radius 3 is 2.27 bits per heavy atom. The summed E-state index contributed by atoms with van der Waals surface area (Å²) in [5, 5.41) is 27.3. The van der Waals surface area contributed by atoms with Gasteiger partial charge < -0.3 is 20.1 Å². The van der Waals surface area contributed by atoms with E-state index in [0.717, 1.165) is 0 Å². The minimum Gasteiger partial charge on any atom is -0.391 e. The molecule has 4 heteroatoms. The van der Waals surface area contributed by atoms with Crippen molar-refractivity contribution in [3.8, 4) is 0 Å². The zero-order valence-electron chi connectivity index (χ0n) is 6.69. The molecule has 0 unspecified atom stereocenters. The maximum absolute atomic E-state index is 9.99. The summed E-state index contributed by atoms with van der Waals surface area (Å²) in [6.45, 7) is 2.66. The second-order valence-electron chi connectivity index (χ2n) is 2.91. The van der Waals surface area contributed by atoms with Crippen LogP contribution in [0, 0.1) is 0 Å². The average molecular weight is 162 g/mol. The number of hydrogen-bond acceptors (Lipinski definition) is 4. The Morgan fingerprint density at radius 1 is 1.55 bits per heavy atom. The van der Waals surface area contributed by atoms with Gasteiger partial charge in [-0.1, -0.05) is 0 Å². The van der Waals surface area contributed by atoms with E-state index in [1.165, 1.54) is 13.8 Å². The Kier molecular flexibility index (Phi) is 3.65. The molecule has 0 fully saturated rings. The van der Waals surface area contributed by atoms with E-state index in [1.54, 1.807) is 0 Å². The van der Waals surface area contributed by atoms with Crippen molar-refractivity contribution >= 4 is 6.29 Å². The molecule has 0 aromatic rings. The van der Waals surface area contributed by atoms with Crippen LogP contribution in [0.5, 0.6) is 0 Å². The summed E-state index contributed by atoms with van der Waals surface area (Å²) >= 11 is 0. The van der Waals surface area contributed by atoms with Gasteiger partial charge in [0.25, 0.3) is 0 Å². The van der Waals surface area contributed by atoms with Crippen LogP contribution in [0.15, 0.2) is 0 Å². The molecule has 0 aliphatic heterocycles. The number of hydrogen-bond donors (Lipinski definition) is 3. The first-order valence-electron chi connectivity index (χ1n) is 3.44. The molecule has 3 N–H and O–H groups in total. The molecular formula is C7H14O4. The molecule has 0 heterocycles.